The summed E-state index contributed by atoms with van der Waals surface area (Å²) in [6.45, 7) is 0.559. The van der Waals surface area contributed by atoms with Gasteiger partial charge in [0.25, 0.3) is 0 Å². The molecule has 100 valence electrons. The highest BCUT2D eigenvalue weighted by atomic mass is 35.5. The highest BCUT2D eigenvalue weighted by Crippen LogP contribution is 2.25. The van der Waals surface area contributed by atoms with E-state index in [1.54, 1.807) is 6.07 Å². The molecule has 0 heterocycles. The molecular weight excluding hydrogens is 263 g/mol. The Hall–Kier alpha value is -1.74. The van der Waals surface area contributed by atoms with Crippen LogP contribution in [0.25, 0.3) is 0 Å². The van der Waals surface area contributed by atoms with Crippen LogP contribution in [0, 0.1) is 5.82 Å². The maximum Gasteiger partial charge on any atom is 0.124 e. The third-order valence-corrected chi connectivity index (χ3v) is 3.22. The minimum Gasteiger partial charge on any atom is -0.379 e. The van der Waals surface area contributed by atoms with Crippen LogP contribution in [0.1, 0.15) is 5.56 Å². The summed E-state index contributed by atoms with van der Waals surface area (Å²) in [7, 11) is 3.98. The van der Waals surface area contributed by atoms with E-state index in [9.17, 15) is 4.39 Å². The van der Waals surface area contributed by atoms with Crippen molar-refractivity contribution in [3.05, 3.63) is 58.9 Å². The monoisotopic (exact) mass is 278 g/mol. The highest BCUT2D eigenvalue weighted by Gasteiger charge is 2.05. The molecule has 0 aliphatic heterocycles. The Morgan fingerprint density at radius 3 is 2.58 bits per heavy atom. The molecule has 0 saturated carbocycles. The van der Waals surface area contributed by atoms with Crippen molar-refractivity contribution in [2.75, 3.05) is 24.3 Å². The SMILES string of the molecule is CN(C)c1ccccc1NCc1ccc(F)cc1Cl. The summed E-state index contributed by atoms with van der Waals surface area (Å²) in [6, 6.07) is 12.5. The standard InChI is InChI=1S/C15H16ClFN2/c1-19(2)15-6-4-3-5-14(15)18-10-11-7-8-12(17)9-13(11)16/h3-9,18H,10H2,1-2H3. The molecule has 2 aromatic rings. The molecule has 1 N–H and O–H groups in total. The molecule has 2 nitrogen and oxygen atoms in total. The van der Waals surface area contributed by atoms with Gasteiger partial charge in [-0.05, 0) is 29.8 Å². The van der Waals surface area contributed by atoms with E-state index in [0.717, 1.165) is 16.9 Å². The van der Waals surface area contributed by atoms with Crippen LogP contribution < -0.4 is 10.2 Å². The number of anilines is 2. The topological polar surface area (TPSA) is 15.3 Å². The largest absolute Gasteiger partial charge is 0.379 e. The van der Waals surface area contributed by atoms with Gasteiger partial charge in [-0.15, -0.1) is 0 Å². The lowest BCUT2D eigenvalue weighted by molar-refractivity contribution is 0.627. The zero-order chi connectivity index (χ0) is 13.8. The van der Waals surface area contributed by atoms with Crippen molar-refractivity contribution in [2.24, 2.45) is 0 Å². The van der Waals surface area contributed by atoms with Crippen LogP contribution in [0.15, 0.2) is 42.5 Å². The molecule has 0 aliphatic carbocycles. The van der Waals surface area contributed by atoms with E-state index >= 15 is 0 Å². The first-order chi connectivity index (χ1) is 9.08. The molecule has 0 atom stereocenters. The number of benzene rings is 2. The second-order valence-corrected chi connectivity index (χ2v) is 4.91. The summed E-state index contributed by atoms with van der Waals surface area (Å²) in [6.07, 6.45) is 0. The first kappa shape index (κ1) is 13.7. The van der Waals surface area contributed by atoms with Gasteiger partial charge in [0, 0.05) is 25.7 Å². The molecule has 2 aromatic carbocycles. The van der Waals surface area contributed by atoms with Gasteiger partial charge in [0.05, 0.1) is 11.4 Å². The van der Waals surface area contributed by atoms with Gasteiger partial charge in [-0.1, -0.05) is 29.8 Å². The smallest absolute Gasteiger partial charge is 0.124 e. The van der Waals surface area contributed by atoms with Gasteiger partial charge in [0.15, 0.2) is 0 Å². The second kappa shape index (κ2) is 5.93. The molecule has 0 unspecified atom stereocenters. The van der Waals surface area contributed by atoms with Gasteiger partial charge in [0.2, 0.25) is 0 Å². The first-order valence-corrected chi connectivity index (χ1v) is 6.40. The number of halogens is 2. The Bertz CT molecular complexity index is 570. The third-order valence-electron chi connectivity index (χ3n) is 2.87. The van der Waals surface area contributed by atoms with Crippen molar-refractivity contribution >= 4 is 23.0 Å². The van der Waals surface area contributed by atoms with Crippen LogP contribution in [0.5, 0.6) is 0 Å². The number of nitrogens with one attached hydrogen (secondary N) is 1. The van der Waals surface area contributed by atoms with E-state index in [0.29, 0.717) is 11.6 Å². The molecule has 0 bridgehead atoms. The lowest BCUT2D eigenvalue weighted by atomic mass is 10.2. The molecule has 2 rings (SSSR count). The first-order valence-electron chi connectivity index (χ1n) is 6.02. The van der Waals surface area contributed by atoms with Crippen LogP contribution in [-0.4, -0.2) is 14.1 Å². The molecule has 4 heteroatoms. The molecular formula is C15H16ClFN2. The van der Waals surface area contributed by atoms with Crippen LogP contribution in [0.4, 0.5) is 15.8 Å². The van der Waals surface area contributed by atoms with Crippen molar-refractivity contribution in [3.63, 3.8) is 0 Å². The van der Waals surface area contributed by atoms with E-state index in [1.807, 2.05) is 43.3 Å². The molecule has 19 heavy (non-hydrogen) atoms. The minimum atomic E-state index is -0.317. The Kier molecular flexibility index (Phi) is 4.27. The highest BCUT2D eigenvalue weighted by molar-refractivity contribution is 6.31. The molecule has 0 saturated heterocycles. The van der Waals surface area contributed by atoms with Gasteiger partial charge in [-0.2, -0.15) is 0 Å². The van der Waals surface area contributed by atoms with Crippen molar-refractivity contribution in [1.29, 1.82) is 0 Å². The van der Waals surface area contributed by atoms with E-state index in [4.69, 9.17) is 11.6 Å². The summed E-state index contributed by atoms with van der Waals surface area (Å²) in [5.41, 5.74) is 2.99. The minimum absolute atomic E-state index is 0.317. The summed E-state index contributed by atoms with van der Waals surface area (Å²) in [4.78, 5) is 2.04. The summed E-state index contributed by atoms with van der Waals surface area (Å²) < 4.78 is 13.0. The summed E-state index contributed by atoms with van der Waals surface area (Å²) in [5, 5.41) is 3.76. The quantitative estimate of drug-likeness (QED) is 0.903. The Labute approximate surface area is 117 Å². The fourth-order valence-corrected chi connectivity index (χ4v) is 2.10. The molecule has 0 fully saturated rings. The zero-order valence-electron chi connectivity index (χ0n) is 11.0. The number of hydrogen-bond donors (Lipinski definition) is 1. The van der Waals surface area contributed by atoms with Crippen LogP contribution in [-0.2, 0) is 6.54 Å². The second-order valence-electron chi connectivity index (χ2n) is 4.50. The van der Waals surface area contributed by atoms with Crippen molar-refractivity contribution < 1.29 is 4.39 Å². The van der Waals surface area contributed by atoms with E-state index in [2.05, 4.69) is 5.32 Å². The normalized spacial score (nSPS) is 10.3. The molecule has 0 radical (unpaired) electrons. The molecule has 0 aliphatic rings. The van der Waals surface area contributed by atoms with Crippen molar-refractivity contribution in [1.82, 2.24) is 0 Å². The predicted molar refractivity (Wildman–Crippen MR) is 79.5 cm³/mol. The predicted octanol–water partition coefficient (Wildman–Crippen LogP) is 4.16. The van der Waals surface area contributed by atoms with Gasteiger partial charge in [-0.3, -0.25) is 0 Å². The van der Waals surface area contributed by atoms with Crippen LogP contribution >= 0.6 is 11.6 Å². The Balaban J connectivity index is 2.14. The zero-order valence-corrected chi connectivity index (χ0v) is 11.7. The third kappa shape index (κ3) is 3.38. The summed E-state index contributed by atoms with van der Waals surface area (Å²) in [5.74, 6) is -0.317. The van der Waals surface area contributed by atoms with Gasteiger partial charge < -0.3 is 10.2 Å². The maximum atomic E-state index is 13.0. The number of rotatable bonds is 4. The van der Waals surface area contributed by atoms with E-state index < -0.39 is 0 Å². The average Bonchev–Trinajstić information content (AvgIpc) is 2.38. The van der Waals surface area contributed by atoms with Gasteiger partial charge in [0.1, 0.15) is 5.82 Å². The molecule has 0 spiro atoms. The number of hydrogen-bond acceptors (Lipinski definition) is 2. The van der Waals surface area contributed by atoms with Crippen LogP contribution in [0.3, 0.4) is 0 Å². The van der Waals surface area contributed by atoms with E-state index in [-0.39, 0.29) is 5.82 Å². The maximum absolute atomic E-state index is 13.0. The molecule has 0 aromatic heterocycles. The fourth-order valence-electron chi connectivity index (χ4n) is 1.87. The van der Waals surface area contributed by atoms with Crippen LogP contribution in [0.2, 0.25) is 5.02 Å². The lowest BCUT2D eigenvalue weighted by Crippen LogP contribution is -2.12. The Morgan fingerprint density at radius 2 is 1.89 bits per heavy atom. The Morgan fingerprint density at radius 1 is 1.16 bits per heavy atom. The van der Waals surface area contributed by atoms with Gasteiger partial charge in [-0.25, -0.2) is 4.39 Å². The van der Waals surface area contributed by atoms with Crippen molar-refractivity contribution in [2.45, 2.75) is 6.54 Å². The van der Waals surface area contributed by atoms with Crippen molar-refractivity contribution in [3.8, 4) is 0 Å². The molecule has 0 amide bonds. The summed E-state index contributed by atoms with van der Waals surface area (Å²) >= 11 is 6.01. The lowest BCUT2D eigenvalue weighted by Gasteiger charge is -2.18. The number of para-hydroxylation sites is 2. The van der Waals surface area contributed by atoms with E-state index in [1.165, 1.54) is 12.1 Å². The average molecular weight is 279 g/mol. The fraction of sp³-hybridized carbons (Fsp3) is 0.200. The van der Waals surface area contributed by atoms with Gasteiger partial charge >= 0.3 is 0 Å². The number of nitrogens with zero attached hydrogens (tertiary/aromatic N) is 1.